The molecule has 0 unspecified atom stereocenters. The van der Waals surface area contributed by atoms with E-state index in [0.717, 1.165) is 11.1 Å². The maximum atomic E-state index is 10.0. The number of hydrogen-bond donors (Lipinski definition) is 0. The Balaban J connectivity index is 2.31. The number of nitrogens with zero attached hydrogens (tertiary/aromatic N) is 1. The highest BCUT2D eigenvalue weighted by Gasteiger charge is 2.06. The largest absolute Gasteiger partial charge is 0.468 e. The van der Waals surface area contributed by atoms with Gasteiger partial charge in [0.15, 0.2) is 0 Å². The number of hydrogen-bond acceptors (Lipinski definition) is 2. The Morgan fingerprint density at radius 1 is 1.47 bits per heavy atom. The summed E-state index contributed by atoms with van der Waals surface area (Å²) in [7, 11) is 0. The first-order chi connectivity index (χ1) is 7.33. The lowest BCUT2D eigenvalue weighted by molar-refractivity contribution is -0.128. The standard InChI is InChI=1S/C11H10ClNO2/c12-11-7-9(4-6-15-8-14)10-3-1-2-5-13(10)11/h1-3,5,7-8H,4,6H2. The number of carbonyl (C=O) groups is 1. The fourth-order valence-corrected chi connectivity index (χ4v) is 1.87. The maximum Gasteiger partial charge on any atom is 0.293 e. The Kier molecular flexibility index (Phi) is 2.92. The number of fused-ring (bicyclic) bond motifs is 1. The maximum absolute atomic E-state index is 10.0. The van der Waals surface area contributed by atoms with E-state index in [-0.39, 0.29) is 0 Å². The van der Waals surface area contributed by atoms with E-state index < -0.39 is 0 Å². The highest BCUT2D eigenvalue weighted by atomic mass is 35.5. The van der Waals surface area contributed by atoms with Crippen LogP contribution >= 0.6 is 11.6 Å². The zero-order valence-corrected chi connectivity index (χ0v) is 8.78. The Labute approximate surface area is 92.2 Å². The van der Waals surface area contributed by atoms with E-state index in [2.05, 4.69) is 4.74 Å². The summed E-state index contributed by atoms with van der Waals surface area (Å²) in [5.41, 5.74) is 2.14. The lowest BCUT2D eigenvalue weighted by Gasteiger charge is -1.99. The summed E-state index contributed by atoms with van der Waals surface area (Å²) in [6.45, 7) is 0.842. The molecule has 0 N–H and O–H groups in total. The normalized spacial score (nSPS) is 10.5. The van der Waals surface area contributed by atoms with E-state index in [1.54, 1.807) is 0 Å². The van der Waals surface area contributed by atoms with Crippen molar-refractivity contribution in [2.75, 3.05) is 6.61 Å². The number of pyridine rings is 1. The molecular weight excluding hydrogens is 214 g/mol. The van der Waals surface area contributed by atoms with Crippen LogP contribution in [0.5, 0.6) is 0 Å². The monoisotopic (exact) mass is 223 g/mol. The third kappa shape index (κ3) is 1.97. The van der Waals surface area contributed by atoms with Gasteiger partial charge in [-0.15, -0.1) is 0 Å². The van der Waals surface area contributed by atoms with Gasteiger partial charge in [0.2, 0.25) is 0 Å². The molecule has 0 aliphatic heterocycles. The van der Waals surface area contributed by atoms with Gasteiger partial charge in [-0.1, -0.05) is 17.7 Å². The average Bonchev–Trinajstić information content (AvgIpc) is 2.58. The smallest absolute Gasteiger partial charge is 0.293 e. The zero-order chi connectivity index (χ0) is 10.7. The van der Waals surface area contributed by atoms with Gasteiger partial charge < -0.3 is 9.14 Å². The molecule has 2 aromatic rings. The fraction of sp³-hybridized carbons (Fsp3) is 0.182. The molecule has 0 fully saturated rings. The van der Waals surface area contributed by atoms with Gasteiger partial charge in [-0.3, -0.25) is 4.79 Å². The van der Waals surface area contributed by atoms with Crippen molar-refractivity contribution in [3.8, 4) is 0 Å². The van der Waals surface area contributed by atoms with E-state index >= 15 is 0 Å². The Bertz CT molecular complexity index is 478. The lowest BCUT2D eigenvalue weighted by Crippen LogP contribution is -1.96. The van der Waals surface area contributed by atoms with E-state index in [0.29, 0.717) is 24.7 Å². The second-order valence-corrected chi connectivity index (χ2v) is 3.55. The van der Waals surface area contributed by atoms with Crippen molar-refractivity contribution in [3.05, 3.63) is 41.2 Å². The third-order valence-electron chi connectivity index (χ3n) is 2.27. The first kappa shape index (κ1) is 10.1. The van der Waals surface area contributed by atoms with Crippen LogP contribution in [0.4, 0.5) is 0 Å². The van der Waals surface area contributed by atoms with Crippen LogP contribution in [0.3, 0.4) is 0 Å². The fourth-order valence-electron chi connectivity index (χ4n) is 1.60. The van der Waals surface area contributed by atoms with Crippen LogP contribution in [-0.4, -0.2) is 17.5 Å². The number of halogens is 1. The molecule has 4 heteroatoms. The van der Waals surface area contributed by atoms with Crippen LogP contribution in [0.1, 0.15) is 5.56 Å². The van der Waals surface area contributed by atoms with Gasteiger partial charge in [0.1, 0.15) is 5.15 Å². The van der Waals surface area contributed by atoms with Crippen LogP contribution in [0.15, 0.2) is 30.5 Å². The summed E-state index contributed by atoms with van der Waals surface area (Å²) in [5, 5.41) is 0.673. The van der Waals surface area contributed by atoms with Gasteiger partial charge in [0.25, 0.3) is 6.47 Å². The van der Waals surface area contributed by atoms with Crippen molar-refractivity contribution in [1.29, 1.82) is 0 Å². The summed E-state index contributed by atoms with van der Waals surface area (Å²) in [5.74, 6) is 0. The average molecular weight is 224 g/mol. The molecule has 0 aliphatic carbocycles. The highest BCUT2D eigenvalue weighted by Crippen LogP contribution is 2.21. The van der Waals surface area contributed by atoms with E-state index in [9.17, 15) is 4.79 Å². The van der Waals surface area contributed by atoms with Crippen molar-refractivity contribution in [1.82, 2.24) is 4.40 Å². The molecule has 2 heterocycles. The topological polar surface area (TPSA) is 30.7 Å². The van der Waals surface area contributed by atoms with Crippen LogP contribution in [0.2, 0.25) is 5.15 Å². The number of ether oxygens (including phenoxy) is 1. The number of aromatic nitrogens is 1. The zero-order valence-electron chi connectivity index (χ0n) is 8.02. The van der Waals surface area contributed by atoms with Crippen LogP contribution in [0.25, 0.3) is 5.52 Å². The minimum atomic E-state index is 0.383. The van der Waals surface area contributed by atoms with Gasteiger partial charge in [-0.25, -0.2) is 0 Å². The minimum Gasteiger partial charge on any atom is -0.468 e. The molecule has 0 spiro atoms. The van der Waals surface area contributed by atoms with Crippen molar-refractivity contribution in [2.24, 2.45) is 0 Å². The summed E-state index contributed by atoms with van der Waals surface area (Å²) >= 11 is 6.04. The van der Waals surface area contributed by atoms with Gasteiger partial charge >= 0.3 is 0 Å². The predicted octanol–water partition coefficient (Wildman–Crippen LogP) is 2.31. The van der Waals surface area contributed by atoms with Crippen molar-refractivity contribution in [3.63, 3.8) is 0 Å². The van der Waals surface area contributed by atoms with Gasteiger partial charge in [0, 0.05) is 18.1 Å². The highest BCUT2D eigenvalue weighted by molar-refractivity contribution is 6.30. The number of rotatable bonds is 4. The molecular formula is C11H10ClNO2. The molecule has 0 amide bonds. The van der Waals surface area contributed by atoms with Gasteiger partial charge in [0.05, 0.1) is 6.61 Å². The second-order valence-electron chi connectivity index (χ2n) is 3.17. The molecule has 0 aliphatic rings. The van der Waals surface area contributed by atoms with E-state index in [4.69, 9.17) is 11.6 Å². The van der Waals surface area contributed by atoms with E-state index in [1.807, 2.05) is 34.9 Å². The summed E-state index contributed by atoms with van der Waals surface area (Å²) in [6, 6.07) is 7.76. The number of carbonyl (C=O) groups excluding carboxylic acids is 1. The Morgan fingerprint density at radius 3 is 3.13 bits per heavy atom. The quantitative estimate of drug-likeness (QED) is 0.588. The molecule has 0 bridgehead atoms. The SMILES string of the molecule is O=COCCc1cc(Cl)n2ccccc12. The van der Waals surface area contributed by atoms with Crippen molar-refractivity contribution < 1.29 is 9.53 Å². The molecule has 2 rings (SSSR count). The Hall–Kier alpha value is -1.48. The first-order valence-electron chi connectivity index (χ1n) is 4.62. The molecule has 0 saturated heterocycles. The van der Waals surface area contributed by atoms with Crippen LogP contribution < -0.4 is 0 Å². The molecule has 2 aromatic heterocycles. The summed E-state index contributed by atoms with van der Waals surface area (Å²) < 4.78 is 6.56. The molecule has 78 valence electrons. The first-order valence-corrected chi connectivity index (χ1v) is 5.00. The third-order valence-corrected chi connectivity index (χ3v) is 2.56. The van der Waals surface area contributed by atoms with Crippen molar-refractivity contribution >= 4 is 23.6 Å². The minimum absolute atomic E-state index is 0.383. The molecule has 0 atom stereocenters. The molecule has 0 aromatic carbocycles. The lowest BCUT2D eigenvalue weighted by atomic mass is 10.2. The summed E-state index contributed by atoms with van der Waals surface area (Å²) in [6.07, 6.45) is 2.58. The van der Waals surface area contributed by atoms with Gasteiger partial charge in [-0.2, -0.15) is 0 Å². The molecule has 0 radical (unpaired) electrons. The van der Waals surface area contributed by atoms with Crippen LogP contribution in [-0.2, 0) is 16.0 Å². The predicted molar refractivity (Wildman–Crippen MR) is 58.1 cm³/mol. The summed E-state index contributed by atoms with van der Waals surface area (Å²) in [4.78, 5) is 10.0. The molecule has 3 nitrogen and oxygen atoms in total. The molecule has 0 saturated carbocycles. The molecule has 15 heavy (non-hydrogen) atoms. The van der Waals surface area contributed by atoms with E-state index in [1.165, 1.54) is 0 Å². The van der Waals surface area contributed by atoms with Gasteiger partial charge in [-0.05, 0) is 23.8 Å². The Morgan fingerprint density at radius 2 is 2.33 bits per heavy atom. The second kappa shape index (κ2) is 4.36. The van der Waals surface area contributed by atoms with Crippen molar-refractivity contribution in [2.45, 2.75) is 6.42 Å². The van der Waals surface area contributed by atoms with Crippen LogP contribution in [0, 0.1) is 0 Å².